The lowest BCUT2D eigenvalue weighted by atomic mass is 10.00. The van der Waals surface area contributed by atoms with E-state index in [1.54, 1.807) is 6.92 Å². The number of ketones is 1. The fourth-order valence-electron chi connectivity index (χ4n) is 2.71. The van der Waals surface area contributed by atoms with E-state index in [-0.39, 0.29) is 17.7 Å². The van der Waals surface area contributed by atoms with Gasteiger partial charge in [-0.25, -0.2) is 0 Å². The Morgan fingerprint density at radius 2 is 1.27 bits per heavy atom. The molecule has 1 unspecified atom stereocenters. The van der Waals surface area contributed by atoms with Crippen molar-refractivity contribution in [1.82, 2.24) is 0 Å². The molecule has 0 saturated carbocycles. The third-order valence-electron chi connectivity index (χ3n) is 4.20. The van der Waals surface area contributed by atoms with Gasteiger partial charge in [-0.2, -0.15) is 0 Å². The van der Waals surface area contributed by atoms with Gasteiger partial charge in [0.05, 0.1) is 13.0 Å². The van der Waals surface area contributed by atoms with Gasteiger partial charge < -0.3 is 4.74 Å². The summed E-state index contributed by atoms with van der Waals surface area (Å²) in [5.74, 6) is -0.397. The standard InChI is InChI=1S/C19H36O3/c1-4-5-6-7-8-9-10-11-12-13-14-15-18(20)16-17(2)19(21)22-3/h17H,4-16H2,1-3H3. The van der Waals surface area contributed by atoms with Gasteiger partial charge in [0.2, 0.25) is 0 Å². The number of esters is 1. The van der Waals surface area contributed by atoms with Gasteiger partial charge >= 0.3 is 5.97 Å². The first-order chi connectivity index (χ1) is 10.6. The van der Waals surface area contributed by atoms with Gasteiger partial charge in [-0.1, -0.05) is 78.1 Å². The molecule has 0 aromatic carbocycles. The van der Waals surface area contributed by atoms with Gasteiger partial charge in [0.25, 0.3) is 0 Å². The Morgan fingerprint density at radius 3 is 1.73 bits per heavy atom. The predicted molar refractivity (Wildman–Crippen MR) is 91.9 cm³/mol. The lowest BCUT2D eigenvalue weighted by molar-refractivity contribution is -0.146. The quantitative estimate of drug-likeness (QED) is 0.298. The molecular weight excluding hydrogens is 276 g/mol. The summed E-state index contributed by atoms with van der Waals surface area (Å²) in [5.41, 5.74) is 0. The molecule has 0 aliphatic carbocycles. The molecule has 130 valence electrons. The number of hydrogen-bond acceptors (Lipinski definition) is 3. The molecular formula is C19H36O3. The zero-order valence-corrected chi connectivity index (χ0v) is 15.0. The van der Waals surface area contributed by atoms with Crippen molar-refractivity contribution in [2.75, 3.05) is 7.11 Å². The molecule has 22 heavy (non-hydrogen) atoms. The molecule has 0 N–H and O–H groups in total. The summed E-state index contributed by atoms with van der Waals surface area (Å²) >= 11 is 0. The number of ether oxygens (including phenoxy) is 1. The highest BCUT2D eigenvalue weighted by Gasteiger charge is 2.16. The Balaban J connectivity index is 3.32. The number of Topliss-reactive ketones (excluding diaryl/α,β-unsaturated/α-hetero) is 1. The minimum atomic E-state index is -0.301. The summed E-state index contributed by atoms with van der Waals surface area (Å²) in [4.78, 5) is 23.0. The number of carbonyl (C=O) groups excluding carboxylic acids is 2. The smallest absolute Gasteiger partial charge is 0.308 e. The van der Waals surface area contributed by atoms with Crippen molar-refractivity contribution in [3.05, 3.63) is 0 Å². The summed E-state index contributed by atoms with van der Waals surface area (Å²) in [6.45, 7) is 4.01. The average Bonchev–Trinajstić information content (AvgIpc) is 2.51. The maximum Gasteiger partial charge on any atom is 0.308 e. The molecule has 0 fully saturated rings. The topological polar surface area (TPSA) is 43.4 Å². The van der Waals surface area contributed by atoms with E-state index < -0.39 is 0 Å². The van der Waals surface area contributed by atoms with Crippen LogP contribution in [-0.4, -0.2) is 18.9 Å². The zero-order valence-electron chi connectivity index (χ0n) is 15.0. The normalized spacial score (nSPS) is 12.1. The van der Waals surface area contributed by atoms with Crippen LogP contribution in [0.15, 0.2) is 0 Å². The van der Waals surface area contributed by atoms with Crippen molar-refractivity contribution in [2.45, 2.75) is 97.3 Å². The molecule has 3 heteroatoms. The van der Waals surface area contributed by atoms with Crippen molar-refractivity contribution < 1.29 is 14.3 Å². The monoisotopic (exact) mass is 312 g/mol. The molecule has 0 spiro atoms. The van der Waals surface area contributed by atoms with Crippen LogP contribution in [0.25, 0.3) is 0 Å². The minimum absolute atomic E-state index is 0.189. The molecule has 0 saturated heterocycles. The lowest BCUT2D eigenvalue weighted by Crippen LogP contribution is -2.16. The maximum atomic E-state index is 11.7. The third kappa shape index (κ3) is 12.8. The Morgan fingerprint density at radius 1 is 0.818 bits per heavy atom. The van der Waals surface area contributed by atoms with Crippen LogP contribution in [0.3, 0.4) is 0 Å². The predicted octanol–water partition coefficient (Wildman–Crippen LogP) is 5.46. The molecule has 0 rings (SSSR count). The Bertz CT molecular complexity index is 286. The summed E-state index contributed by atoms with van der Waals surface area (Å²) in [6.07, 6.45) is 15.1. The fourth-order valence-corrected chi connectivity index (χ4v) is 2.71. The number of hydrogen-bond donors (Lipinski definition) is 0. The van der Waals surface area contributed by atoms with E-state index in [9.17, 15) is 9.59 Å². The van der Waals surface area contributed by atoms with Gasteiger partial charge in [-0.05, 0) is 6.42 Å². The molecule has 0 aromatic rings. The number of unbranched alkanes of at least 4 members (excludes halogenated alkanes) is 10. The van der Waals surface area contributed by atoms with Crippen LogP contribution in [0.1, 0.15) is 97.3 Å². The third-order valence-corrected chi connectivity index (χ3v) is 4.20. The zero-order chi connectivity index (χ0) is 16.6. The van der Waals surface area contributed by atoms with Gasteiger partial charge in [0.15, 0.2) is 0 Å². The molecule has 0 bridgehead atoms. The second-order valence-electron chi connectivity index (χ2n) is 6.45. The summed E-state index contributed by atoms with van der Waals surface area (Å²) < 4.78 is 4.63. The number of rotatable bonds is 15. The van der Waals surface area contributed by atoms with Crippen LogP contribution < -0.4 is 0 Å². The number of carbonyl (C=O) groups is 2. The Hall–Kier alpha value is -0.860. The SMILES string of the molecule is CCCCCCCCCCCCCC(=O)CC(C)C(=O)OC. The van der Waals surface area contributed by atoms with Gasteiger partial charge in [-0.15, -0.1) is 0 Å². The number of methoxy groups -OCH3 is 1. The molecule has 3 nitrogen and oxygen atoms in total. The second kappa shape index (κ2) is 15.1. The van der Waals surface area contributed by atoms with E-state index in [2.05, 4.69) is 11.7 Å². The van der Waals surface area contributed by atoms with Crippen molar-refractivity contribution in [2.24, 2.45) is 5.92 Å². The van der Waals surface area contributed by atoms with Crippen LogP contribution in [0, 0.1) is 5.92 Å². The average molecular weight is 312 g/mol. The van der Waals surface area contributed by atoms with Gasteiger partial charge in [0.1, 0.15) is 5.78 Å². The van der Waals surface area contributed by atoms with E-state index in [0.717, 1.165) is 12.8 Å². The Labute approximate surface area is 137 Å². The highest BCUT2D eigenvalue weighted by Crippen LogP contribution is 2.13. The van der Waals surface area contributed by atoms with Gasteiger partial charge in [-0.3, -0.25) is 9.59 Å². The van der Waals surface area contributed by atoms with Crippen LogP contribution in [0.5, 0.6) is 0 Å². The van der Waals surface area contributed by atoms with Crippen LogP contribution in [0.4, 0.5) is 0 Å². The van der Waals surface area contributed by atoms with E-state index in [1.165, 1.54) is 64.9 Å². The van der Waals surface area contributed by atoms with Gasteiger partial charge in [0, 0.05) is 12.8 Å². The lowest BCUT2D eigenvalue weighted by Gasteiger charge is -2.07. The molecule has 0 aliphatic heterocycles. The summed E-state index contributed by atoms with van der Waals surface area (Å²) in [6, 6.07) is 0. The summed E-state index contributed by atoms with van der Waals surface area (Å²) in [7, 11) is 1.37. The molecule has 0 amide bonds. The second-order valence-corrected chi connectivity index (χ2v) is 6.45. The highest BCUT2D eigenvalue weighted by atomic mass is 16.5. The van der Waals surface area contributed by atoms with E-state index in [4.69, 9.17) is 0 Å². The molecule has 0 heterocycles. The highest BCUT2D eigenvalue weighted by molar-refractivity contribution is 5.84. The molecule has 0 radical (unpaired) electrons. The minimum Gasteiger partial charge on any atom is -0.469 e. The molecule has 0 aromatic heterocycles. The Kier molecular flexibility index (Phi) is 14.5. The van der Waals surface area contributed by atoms with Crippen LogP contribution in [0.2, 0.25) is 0 Å². The van der Waals surface area contributed by atoms with E-state index >= 15 is 0 Å². The van der Waals surface area contributed by atoms with E-state index in [0.29, 0.717) is 12.8 Å². The molecule has 0 aliphatic rings. The first-order valence-corrected chi connectivity index (χ1v) is 9.21. The van der Waals surface area contributed by atoms with Crippen molar-refractivity contribution >= 4 is 11.8 Å². The van der Waals surface area contributed by atoms with E-state index in [1.807, 2.05) is 0 Å². The van der Waals surface area contributed by atoms with Crippen molar-refractivity contribution in [3.63, 3.8) is 0 Å². The molecule has 1 atom stereocenters. The van der Waals surface area contributed by atoms with Crippen molar-refractivity contribution in [1.29, 1.82) is 0 Å². The summed E-state index contributed by atoms with van der Waals surface area (Å²) in [5, 5.41) is 0. The maximum absolute atomic E-state index is 11.7. The van der Waals surface area contributed by atoms with Crippen LogP contribution >= 0.6 is 0 Å². The first-order valence-electron chi connectivity index (χ1n) is 9.21. The van der Waals surface area contributed by atoms with Crippen LogP contribution in [-0.2, 0) is 14.3 Å². The van der Waals surface area contributed by atoms with Crippen molar-refractivity contribution in [3.8, 4) is 0 Å². The fraction of sp³-hybridized carbons (Fsp3) is 0.895. The largest absolute Gasteiger partial charge is 0.469 e. The first kappa shape index (κ1) is 21.1.